The van der Waals surface area contributed by atoms with E-state index >= 15 is 0 Å². The van der Waals surface area contributed by atoms with E-state index in [0.29, 0.717) is 5.11 Å². The summed E-state index contributed by atoms with van der Waals surface area (Å²) in [7, 11) is 1.90. The van der Waals surface area contributed by atoms with Crippen molar-refractivity contribution in [3.8, 4) is 0 Å². The minimum Gasteiger partial charge on any atom is -0.354 e. The fourth-order valence-corrected chi connectivity index (χ4v) is 2.12. The second kappa shape index (κ2) is 6.04. The zero-order valence-corrected chi connectivity index (χ0v) is 13.0. The molecular formula is C13H20N6S. The number of aromatic nitrogens is 4. The van der Waals surface area contributed by atoms with E-state index in [-0.39, 0.29) is 6.04 Å². The molecular weight excluding hydrogens is 272 g/mol. The van der Waals surface area contributed by atoms with Gasteiger partial charge in [-0.2, -0.15) is 10.2 Å². The Bertz CT molecular complexity index is 600. The van der Waals surface area contributed by atoms with Gasteiger partial charge in [-0.3, -0.25) is 9.36 Å². The minimum absolute atomic E-state index is 0.0553. The molecule has 2 aromatic heterocycles. The third-order valence-electron chi connectivity index (χ3n) is 3.26. The first-order chi connectivity index (χ1) is 9.51. The van der Waals surface area contributed by atoms with Gasteiger partial charge in [0.05, 0.1) is 29.3 Å². The number of thiocarbonyl (C=S) groups is 1. The van der Waals surface area contributed by atoms with Crippen LogP contribution in [0.2, 0.25) is 0 Å². The molecule has 2 N–H and O–H groups in total. The van der Waals surface area contributed by atoms with E-state index in [9.17, 15) is 0 Å². The Morgan fingerprint density at radius 3 is 2.80 bits per heavy atom. The molecule has 0 aliphatic rings. The van der Waals surface area contributed by atoms with E-state index in [2.05, 4.69) is 27.8 Å². The van der Waals surface area contributed by atoms with Crippen molar-refractivity contribution in [2.75, 3.05) is 5.32 Å². The predicted molar refractivity (Wildman–Crippen MR) is 83.6 cm³/mol. The molecule has 7 heteroatoms. The summed E-state index contributed by atoms with van der Waals surface area (Å²) >= 11 is 5.32. The van der Waals surface area contributed by atoms with Gasteiger partial charge in [0.1, 0.15) is 0 Å². The maximum atomic E-state index is 5.32. The van der Waals surface area contributed by atoms with Crippen molar-refractivity contribution in [1.82, 2.24) is 24.9 Å². The van der Waals surface area contributed by atoms with Crippen LogP contribution in [0.1, 0.15) is 31.3 Å². The first-order valence-electron chi connectivity index (χ1n) is 6.60. The SMILES string of the molecule is CCn1ccc(C(C)NC(=S)Nc2cnn(C)c2C)n1. The molecule has 2 heterocycles. The standard InChI is InChI=1S/C13H20N6S/c1-5-19-7-6-11(17-19)9(2)15-13(20)16-12-8-14-18(4)10(12)3/h6-9H,5H2,1-4H3,(H2,15,16,20). The third kappa shape index (κ3) is 3.16. The largest absolute Gasteiger partial charge is 0.354 e. The fraction of sp³-hybridized carbons (Fsp3) is 0.462. The zero-order valence-electron chi connectivity index (χ0n) is 12.2. The highest BCUT2D eigenvalue weighted by Gasteiger charge is 2.11. The average Bonchev–Trinajstić information content (AvgIpc) is 3.01. The van der Waals surface area contributed by atoms with E-state index in [1.54, 1.807) is 10.9 Å². The highest BCUT2D eigenvalue weighted by Crippen LogP contribution is 2.13. The van der Waals surface area contributed by atoms with Crippen LogP contribution in [0.25, 0.3) is 0 Å². The maximum absolute atomic E-state index is 5.32. The van der Waals surface area contributed by atoms with Crippen LogP contribution < -0.4 is 10.6 Å². The van der Waals surface area contributed by atoms with Crippen molar-refractivity contribution in [2.45, 2.75) is 33.4 Å². The lowest BCUT2D eigenvalue weighted by atomic mass is 10.2. The highest BCUT2D eigenvalue weighted by molar-refractivity contribution is 7.80. The Morgan fingerprint density at radius 2 is 2.25 bits per heavy atom. The molecule has 0 saturated heterocycles. The summed E-state index contributed by atoms with van der Waals surface area (Å²) < 4.78 is 3.70. The highest BCUT2D eigenvalue weighted by atomic mass is 32.1. The Kier molecular flexibility index (Phi) is 4.39. The van der Waals surface area contributed by atoms with Crippen molar-refractivity contribution >= 4 is 23.0 Å². The minimum atomic E-state index is 0.0553. The average molecular weight is 292 g/mol. The third-order valence-corrected chi connectivity index (χ3v) is 3.48. The van der Waals surface area contributed by atoms with Crippen molar-refractivity contribution in [2.24, 2.45) is 7.05 Å². The van der Waals surface area contributed by atoms with Crippen LogP contribution in [0.4, 0.5) is 5.69 Å². The van der Waals surface area contributed by atoms with Crippen LogP contribution in [0.15, 0.2) is 18.5 Å². The van der Waals surface area contributed by atoms with Crippen molar-refractivity contribution < 1.29 is 0 Å². The summed E-state index contributed by atoms with van der Waals surface area (Å²) in [6.07, 6.45) is 3.73. The molecule has 0 saturated carbocycles. The topological polar surface area (TPSA) is 59.7 Å². The number of nitrogens with one attached hydrogen (secondary N) is 2. The summed E-state index contributed by atoms with van der Waals surface area (Å²) in [6.45, 7) is 6.95. The van der Waals surface area contributed by atoms with E-state index in [1.165, 1.54) is 0 Å². The van der Waals surface area contributed by atoms with Gasteiger partial charge < -0.3 is 10.6 Å². The molecule has 0 aliphatic heterocycles. The Labute approximate surface area is 124 Å². The molecule has 0 spiro atoms. The summed E-state index contributed by atoms with van der Waals surface area (Å²) in [5.41, 5.74) is 2.92. The molecule has 1 unspecified atom stereocenters. The lowest BCUT2D eigenvalue weighted by molar-refractivity contribution is 0.613. The van der Waals surface area contributed by atoms with Gasteiger partial charge >= 0.3 is 0 Å². The number of rotatable bonds is 4. The first-order valence-corrected chi connectivity index (χ1v) is 7.01. The second-order valence-electron chi connectivity index (χ2n) is 4.68. The van der Waals surface area contributed by atoms with Crippen molar-refractivity contribution in [3.05, 3.63) is 29.8 Å². The van der Waals surface area contributed by atoms with Crippen LogP contribution in [-0.2, 0) is 13.6 Å². The van der Waals surface area contributed by atoms with Crippen LogP contribution in [0.5, 0.6) is 0 Å². The molecule has 2 rings (SSSR count). The lowest BCUT2D eigenvalue weighted by Crippen LogP contribution is -2.31. The van der Waals surface area contributed by atoms with Crippen LogP contribution >= 0.6 is 12.2 Å². The molecule has 6 nitrogen and oxygen atoms in total. The lowest BCUT2D eigenvalue weighted by Gasteiger charge is -2.15. The van der Waals surface area contributed by atoms with Gasteiger partial charge in [0.25, 0.3) is 0 Å². The second-order valence-corrected chi connectivity index (χ2v) is 5.09. The van der Waals surface area contributed by atoms with Crippen LogP contribution in [-0.4, -0.2) is 24.7 Å². The normalized spacial score (nSPS) is 12.2. The molecule has 0 radical (unpaired) electrons. The van der Waals surface area contributed by atoms with Crippen molar-refractivity contribution in [1.29, 1.82) is 0 Å². The summed E-state index contributed by atoms with van der Waals surface area (Å²) in [4.78, 5) is 0. The molecule has 0 aliphatic carbocycles. The predicted octanol–water partition coefficient (Wildman–Crippen LogP) is 1.99. The quantitative estimate of drug-likeness (QED) is 0.844. The van der Waals surface area contributed by atoms with Gasteiger partial charge in [-0.1, -0.05) is 0 Å². The van der Waals surface area contributed by atoms with Gasteiger partial charge in [-0.25, -0.2) is 0 Å². The molecule has 0 bridgehead atoms. The molecule has 2 aromatic rings. The molecule has 1 atom stereocenters. The molecule has 108 valence electrons. The van der Waals surface area contributed by atoms with Gasteiger partial charge in [0.2, 0.25) is 0 Å². The van der Waals surface area contributed by atoms with Crippen molar-refractivity contribution in [3.63, 3.8) is 0 Å². The Morgan fingerprint density at radius 1 is 1.50 bits per heavy atom. The Hall–Kier alpha value is -1.89. The van der Waals surface area contributed by atoms with E-state index in [4.69, 9.17) is 12.2 Å². The molecule has 20 heavy (non-hydrogen) atoms. The molecule has 0 aromatic carbocycles. The summed E-state index contributed by atoms with van der Waals surface area (Å²) in [5.74, 6) is 0. The Balaban J connectivity index is 1.95. The van der Waals surface area contributed by atoms with E-state index in [0.717, 1.165) is 23.6 Å². The fourth-order valence-electron chi connectivity index (χ4n) is 1.83. The summed E-state index contributed by atoms with van der Waals surface area (Å²) in [6, 6.07) is 2.05. The first kappa shape index (κ1) is 14.5. The molecule has 0 amide bonds. The zero-order chi connectivity index (χ0) is 14.7. The monoisotopic (exact) mass is 292 g/mol. The number of aryl methyl sites for hydroxylation is 2. The number of anilines is 1. The number of hydrogen-bond acceptors (Lipinski definition) is 3. The van der Waals surface area contributed by atoms with Crippen LogP contribution in [0, 0.1) is 6.92 Å². The van der Waals surface area contributed by atoms with E-state index < -0.39 is 0 Å². The summed E-state index contributed by atoms with van der Waals surface area (Å²) in [5, 5.41) is 15.6. The van der Waals surface area contributed by atoms with Crippen LogP contribution in [0.3, 0.4) is 0 Å². The smallest absolute Gasteiger partial charge is 0.171 e. The number of hydrogen-bond donors (Lipinski definition) is 2. The number of nitrogens with zero attached hydrogens (tertiary/aromatic N) is 4. The van der Waals surface area contributed by atoms with Gasteiger partial charge in [-0.05, 0) is 39.1 Å². The van der Waals surface area contributed by atoms with Gasteiger partial charge in [0.15, 0.2) is 5.11 Å². The molecule has 0 fully saturated rings. The van der Waals surface area contributed by atoms with E-state index in [1.807, 2.05) is 37.8 Å². The maximum Gasteiger partial charge on any atom is 0.171 e. The van der Waals surface area contributed by atoms with Gasteiger partial charge in [0, 0.05) is 19.8 Å². The van der Waals surface area contributed by atoms with Gasteiger partial charge in [-0.15, -0.1) is 0 Å².